The molecule has 0 rings (SSSR count). The minimum absolute atomic E-state index is 0.611. The van der Waals surface area contributed by atoms with Gasteiger partial charge in [0, 0.05) is 0 Å². The van der Waals surface area contributed by atoms with Crippen LogP contribution in [0, 0.1) is 23.7 Å². The second kappa shape index (κ2) is 7.38. The van der Waals surface area contributed by atoms with Gasteiger partial charge in [0.2, 0.25) is 0 Å². The predicted octanol–water partition coefficient (Wildman–Crippen LogP) is 5.16. The van der Waals surface area contributed by atoms with E-state index >= 15 is 0 Å². The van der Waals surface area contributed by atoms with E-state index in [-0.39, 0.29) is 0 Å². The third-order valence-corrected chi connectivity index (χ3v) is 4.51. The Morgan fingerprint density at radius 1 is 1.07 bits per heavy atom. The summed E-state index contributed by atoms with van der Waals surface area (Å²) in [6.07, 6.45) is 4.80. The van der Waals surface area contributed by atoms with E-state index in [1.165, 1.54) is 17.7 Å². The SMILES string of the molecule is CCC(C)/C(S)=C/C(C)C(C)C(C)CC. The first kappa shape index (κ1) is 15.1. The smallest absolute Gasteiger partial charge is 0.0139 e. The van der Waals surface area contributed by atoms with Crippen molar-refractivity contribution in [2.24, 2.45) is 23.7 Å². The van der Waals surface area contributed by atoms with Gasteiger partial charge in [-0.25, -0.2) is 0 Å². The first-order chi connectivity index (χ1) is 6.93. The molecule has 0 amide bonds. The summed E-state index contributed by atoms with van der Waals surface area (Å²) < 4.78 is 0. The van der Waals surface area contributed by atoms with Gasteiger partial charge in [-0.2, -0.15) is 0 Å². The van der Waals surface area contributed by atoms with Crippen molar-refractivity contribution in [1.82, 2.24) is 0 Å². The van der Waals surface area contributed by atoms with Crippen LogP contribution < -0.4 is 0 Å². The lowest BCUT2D eigenvalue weighted by Gasteiger charge is -2.24. The highest BCUT2D eigenvalue weighted by atomic mass is 32.1. The van der Waals surface area contributed by atoms with Crippen LogP contribution in [0.2, 0.25) is 0 Å². The van der Waals surface area contributed by atoms with Crippen LogP contribution in [0.15, 0.2) is 11.0 Å². The Hall–Kier alpha value is 0.0900. The van der Waals surface area contributed by atoms with E-state index < -0.39 is 0 Å². The molecule has 0 heterocycles. The topological polar surface area (TPSA) is 0 Å². The van der Waals surface area contributed by atoms with Crippen molar-refractivity contribution in [2.75, 3.05) is 0 Å². The molecule has 0 fully saturated rings. The molecule has 15 heavy (non-hydrogen) atoms. The molecule has 0 aromatic heterocycles. The van der Waals surface area contributed by atoms with Gasteiger partial charge >= 0.3 is 0 Å². The second-order valence-electron chi connectivity index (χ2n) is 5.00. The molecule has 4 unspecified atom stereocenters. The molecule has 90 valence electrons. The van der Waals surface area contributed by atoms with E-state index in [0.717, 1.165) is 11.8 Å². The van der Waals surface area contributed by atoms with Gasteiger partial charge in [0.15, 0.2) is 0 Å². The Bertz CT molecular complexity index is 196. The molecule has 0 bridgehead atoms. The van der Waals surface area contributed by atoms with E-state index in [0.29, 0.717) is 11.8 Å². The van der Waals surface area contributed by atoms with E-state index in [1.807, 2.05) is 0 Å². The first-order valence-corrected chi connectivity index (χ1v) is 6.79. The molecule has 0 aromatic rings. The zero-order valence-electron chi connectivity index (χ0n) is 11.2. The number of allylic oxidation sites excluding steroid dienone is 2. The third kappa shape index (κ3) is 5.10. The Kier molecular flexibility index (Phi) is 7.42. The van der Waals surface area contributed by atoms with Crippen LogP contribution in [0.4, 0.5) is 0 Å². The molecule has 0 aliphatic carbocycles. The largest absolute Gasteiger partial charge is 0.148 e. The fourth-order valence-corrected chi connectivity index (χ4v) is 2.10. The molecule has 0 saturated carbocycles. The van der Waals surface area contributed by atoms with Crippen molar-refractivity contribution in [3.63, 3.8) is 0 Å². The van der Waals surface area contributed by atoms with Gasteiger partial charge in [-0.3, -0.25) is 0 Å². The normalized spacial score (nSPS) is 20.9. The van der Waals surface area contributed by atoms with E-state index in [2.05, 4.69) is 60.2 Å². The molecular weight excluding hydrogens is 200 g/mol. The maximum Gasteiger partial charge on any atom is -0.0139 e. The lowest BCUT2D eigenvalue weighted by molar-refractivity contribution is 0.311. The van der Waals surface area contributed by atoms with E-state index in [4.69, 9.17) is 0 Å². The third-order valence-electron chi connectivity index (χ3n) is 3.92. The van der Waals surface area contributed by atoms with Crippen LogP contribution in [0.1, 0.15) is 54.4 Å². The molecule has 0 radical (unpaired) electrons. The van der Waals surface area contributed by atoms with Crippen molar-refractivity contribution in [3.05, 3.63) is 11.0 Å². The van der Waals surface area contributed by atoms with Gasteiger partial charge < -0.3 is 0 Å². The molecule has 1 heteroatoms. The van der Waals surface area contributed by atoms with Gasteiger partial charge in [-0.05, 0) is 35.0 Å². The minimum Gasteiger partial charge on any atom is -0.148 e. The van der Waals surface area contributed by atoms with Crippen molar-refractivity contribution < 1.29 is 0 Å². The monoisotopic (exact) mass is 228 g/mol. The number of thiol groups is 1. The van der Waals surface area contributed by atoms with Crippen LogP contribution in [0.5, 0.6) is 0 Å². The fraction of sp³-hybridized carbons (Fsp3) is 0.857. The van der Waals surface area contributed by atoms with E-state index in [1.54, 1.807) is 0 Å². The number of hydrogen-bond acceptors (Lipinski definition) is 1. The summed E-state index contributed by atoms with van der Waals surface area (Å²) in [5.41, 5.74) is 0. The van der Waals surface area contributed by atoms with Crippen LogP contribution in [0.3, 0.4) is 0 Å². The maximum absolute atomic E-state index is 4.60. The van der Waals surface area contributed by atoms with Crippen LogP contribution in [-0.2, 0) is 0 Å². The summed E-state index contributed by atoms with van der Waals surface area (Å²) in [6.45, 7) is 13.8. The van der Waals surface area contributed by atoms with Crippen molar-refractivity contribution >= 4 is 12.6 Å². The minimum atomic E-state index is 0.611. The molecule has 0 aliphatic heterocycles. The van der Waals surface area contributed by atoms with Gasteiger partial charge in [-0.1, -0.05) is 54.0 Å². The summed E-state index contributed by atoms with van der Waals surface area (Å²) in [5.74, 6) is 2.80. The highest BCUT2D eigenvalue weighted by Crippen LogP contribution is 2.28. The van der Waals surface area contributed by atoms with Gasteiger partial charge in [0.05, 0.1) is 0 Å². The molecular formula is C14H28S. The standard InChI is InChI=1S/C14H28S/c1-7-10(3)13(6)12(5)9-14(15)11(4)8-2/h9-13,15H,7-8H2,1-6H3/b14-9-. The van der Waals surface area contributed by atoms with Crippen LogP contribution in [-0.4, -0.2) is 0 Å². The zero-order chi connectivity index (χ0) is 12.0. The van der Waals surface area contributed by atoms with Gasteiger partial charge in [-0.15, -0.1) is 12.6 Å². The predicted molar refractivity (Wildman–Crippen MR) is 74.3 cm³/mol. The van der Waals surface area contributed by atoms with Crippen molar-refractivity contribution in [1.29, 1.82) is 0 Å². The highest BCUT2D eigenvalue weighted by Gasteiger charge is 2.16. The summed E-state index contributed by atoms with van der Waals surface area (Å²) in [4.78, 5) is 1.26. The molecule has 0 N–H and O–H groups in total. The van der Waals surface area contributed by atoms with Gasteiger partial charge in [0.25, 0.3) is 0 Å². The molecule has 0 aliphatic rings. The van der Waals surface area contributed by atoms with Crippen LogP contribution >= 0.6 is 12.6 Å². The second-order valence-corrected chi connectivity index (χ2v) is 5.52. The van der Waals surface area contributed by atoms with Gasteiger partial charge in [0.1, 0.15) is 0 Å². The van der Waals surface area contributed by atoms with E-state index in [9.17, 15) is 0 Å². The molecule has 0 nitrogen and oxygen atoms in total. The molecule has 0 aromatic carbocycles. The number of rotatable bonds is 6. The Morgan fingerprint density at radius 2 is 1.60 bits per heavy atom. The van der Waals surface area contributed by atoms with Crippen LogP contribution in [0.25, 0.3) is 0 Å². The Balaban J connectivity index is 4.39. The summed E-state index contributed by atoms with van der Waals surface area (Å²) in [5, 5.41) is 0. The molecule has 0 saturated heterocycles. The summed E-state index contributed by atoms with van der Waals surface area (Å²) >= 11 is 4.60. The lowest BCUT2D eigenvalue weighted by Crippen LogP contribution is -2.15. The summed E-state index contributed by atoms with van der Waals surface area (Å²) in [7, 11) is 0. The molecule has 0 spiro atoms. The van der Waals surface area contributed by atoms with Crippen molar-refractivity contribution in [3.8, 4) is 0 Å². The zero-order valence-corrected chi connectivity index (χ0v) is 12.1. The summed E-state index contributed by atoms with van der Waals surface area (Å²) in [6, 6.07) is 0. The Morgan fingerprint density at radius 3 is 2.00 bits per heavy atom. The average molecular weight is 228 g/mol. The Labute approximate surface area is 102 Å². The maximum atomic E-state index is 4.60. The fourth-order valence-electron chi connectivity index (χ4n) is 1.68. The first-order valence-electron chi connectivity index (χ1n) is 6.34. The lowest BCUT2D eigenvalue weighted by atomic mass is 9.83. The molecule has 4 atom stereocenters. The highest BCUT2D eigenvalue weighted by molar-refractivity contribution is 7.84. The number of hydrogen-bond donors (Lipinski definition) is 1. The van der Waals surface area contributed by atoms with Crippen molar-refractivity contribution in [2.45, 2.75) is 54.4 Å². The average Bonchev–Trinajstić information content (AvgIpc) is 2.25. The quantitative estimate of drug-likeness (QED) is 0.596.